The number of benzene rings is 2. The highest BCUT2D eigenvalue weighted by Crippen LogP contribution is 2.37. The maximum absolute atomic E-state index is 14.2. The van der Waals surface area contributed by atoms with Crippen LogP contribution in [0.25, 0.3) is 0 Å². The minimum atomic E-state index is -0.571. The highest BCUT2D eigenvalue weighted by Gasteiger charge is 2.31. The molecule has 0 radical (unpaired) electrons. The van der Waals surface area contributed by atoms with Crippen LogP contribution in [-0.2, 0) is 29.1 Å². The Balaban J connectivity index is 1.25. The summed E-state index contributed by atoms with van der Waals surface area (Å²) in [6, 6.07) is 9.75. The van der Waals surface area contributed by atoms with Gasteiger partial charge in [-0.1, -0.05) is 32.0 Å². The molecule has 12 nitrogen and oxygen atoms in total. The molecule has 248 valence electrons. The molecule has 0 aliphatic carbocycles. The highest BCUT2D eigenvalue weighted by molar-refractivity contribution is 5.98. The number of morpholine rings is 2. The number of carbonyl (C=O) groups is 3. The second-order valence-corrected chi connectivity index (χ2v) is 12.8. The van der Waals surface area contributed by atoms with Crippen molar-refractivity contribution in [3.8, 4) is 11.5 Å². The lowest BCUT2D eigenvalue weighted by Crippen LogP contribution is -2.43. The van der Waals surface area contributed by atoms with Crippen LogP contribution in [0.3, 0.4) is 0 Å². The molecule has 0 spiro atoms. The van der Waals surface area contributed by atoms with E-state index in [0.717, 1.165) is 43.9 Å². The van der Waals surface area contributed by atoms with E-state index in [4.69, 9.17) is 18.9 Å². The zero-order chi connectivity index (χ0) is 32.2. The number of fused-ring (bicyclic) bond motifs is 1. The third-order valence-electron chi connectivity index (χ3n) is 9.18. The fraction of sp³-hybridized carbons (Fsp3) is 0.559. The minimum Gasteiger partial charge on any atom is -0.410 e. The SMILES string of the molecule is CC(C)c1cc(C(=O)N2Cc3ccc(CN4CCN(C)CC4)cc3C2)c(OC(=O)N2CCOCC2)cc1OC(=O)N1CCOCC1. The van der Waals surface area contributed by atoms with E-state index in [9.17, 15) is 14.4 Å². The average Bonchev–Trinajstić information content (AvgIpc) is 3.50. The van der Waals surface area contributed by atoms with Gasteiger partial charge in [0, 0.05) is 78.1 Å². The molecule has 46 heavy (non-hydrogen) atoms. The van der Waals surface area contributed by atoms with Crippen LogP contribution in [0.5, 0.6) is 11.5 Å². The van der Waals surface area contributed by atoms with E-state index in [1.807, 2.05) is 13.8 Å². The molecule has 3 amide bonds. The third-order valence-corrected chi connectivity index (χ3v) is 9.18. The van der Waals surface area contributed by atoms with Gasteiger partial charge in [0.15, 0.2) is 0 Å². The molecule has 2 aromatic carbocycles. The molecule has 2 aromatic rings. The van der Waals surface area contributed by atoms with E-state index >= 15 is 0 Å². The van der Waals surface area contributed by atoms with Crippen molar-refractivity contribution in [1.29, 1.82) is 0 Å². The summed E-state index contributed by atoms with van der Waals surface area (Å²) in [5.41, 5.74) is 4.44. The maximum Gasteiger partial charge on any atom is 0.415 e. The molecule has 0 saturated carbocycles. The molecular weight excluding hydrogens is 590 g/mol. The van der Waals surface area contributed by atoms with E-state index in [2.05, 4.69) is 35.0 Å². The lowest BCUT2D eigenvalue weighted by Gasteiger charge is -2.32. The Morgan fingerprint density at radius 3 is 1.91 bits per heavy atom. The Hall–Kier alpha value is -3.71. The van der Waals surface area contributed by atoms with Gasteiger partial charge in [-0.25, -0.2) is 9.59 Å². The quantitative estimate of drug-likeness (QED) is 0.473. The predicted molar refractivity (Wildman–Crippen MR) is 170 cm³/mol. The molecule has 4 aliphatic rings. The third kappa shape index (κ3) is 7.46. The van der Waals surface area contributed by atoms with Gasteiger partial charge in [-0.3, -0.25) is 9.69 Å². The molecule has 0 bridgehead atoms. The Labute approximate surface area is 270 Å². The van der Waals surface area contributed by atoms with Gasteiger partial charge in [-0.2, -0.15) is 0 Å². The lowest BCUT2D eigenvalue weighted by molar-refractivity contribution is 0.0408. The highest BCUT2D eigenvalue weighted by atomic mass is 16.6. The molecule has 12 heteroatoms. The van der Waals surface area contributed by atoms with Crippen LogP contribution < -0.4 is 9.47 Å². The average molecular weight is 636 g/mol. The predicted octanol–water partition coefficient (Wildman–Crippen LogP) is 3.38. The van der Waals surface area contributed by atoms with Gasteiger partial charge in [0.2, 0.25) is 0 Å². The second-order valence-electron chi connectivity index (χ2n) is 12.8. The summed E-state index contributed by atoms with van der Waals surface area (Å²) in [4.78, 5) is 50.3. The Kier molecular flexibility index (Phi) is 10.1. The summed E-state index contributed by atoms with van der Waals surface area (Å²) in [5.74, 6) is 0.0268. The summed E-state index contributed by atoms with van der Waals surface area (Å²) in [6.45, 7) is 13.3. The van der Waals surface area contributed by atoms with E-state index in [0.29, 0.717) is 71.3 Å². The van der Waals surface area contributed by atoms with Crippen LogP contribution >= 0.6 is 0 Å². The van der Waals surface area contributed by atoms with Crippen LogP contribution in [0.15, 0.2) is 30.3 Å². The molecule has 3 saturated heterocycles. The lowest BCUT2D eigenvalue weighted by atomic mass is 9.98. The standard InChI is InChI=1S/C34H45N5O7/c1-24(2)28-19-29(32(40)39-22-26-5-4-25(18-27(26)23-39)21-36-8-6-35(3)7-9-36)31(46-34(42)38-12-16-44-17-13-38)20-30(28)45-33(41)37-10-14-43-15-11-37/h4-5,18-20,24H,6-17,21-23H2,1-3H3. The fourth-order valence-corrected chi connectivity index (χ4v) is 6.30. The van der Waals surface area contributed by atoms with Crippen LogP contribution in [0.2, 0.25) is 0 Å². The van der Waals surface area contributed by atoms with Crippen molar-refractivity contribution in [2.24, 2.45) is 0 Å². The summed E-state index contributed by atoms with van der Waals surface area (Å²) < 4.78 is 22.6. The van der Waals surface area contributed by atoms with Gasteiger partial charge >= 0.3 is 12.2 Å². The Morgan fingerprint density at radius 2 is 1.30 bits per heavy atom. The first kappa shape index (κ1) is 32.2. The molecular formula is C34H45N5O7. The van der Waals surface area contributed by atoms with Crippen molar-refractivity contribution < 1.29 is 33.3 Å². The number of ether oxygens (including phenoxy) is 4. The Morgan fingerprint density at radius 1 is 0.717 bits per heavy atom. The van der Waals surface area contributed by atoms with E-state index in [1.165, 1.54) is 11.6 Å². The van der Waals surface area contributed by atoms with E-state index < -0.39 is 12.2 Å². The second kappa shape index (κ2) is 14.4. The van der Waals surface area contributed by atoms with E-state index in [-0.39, 0.29) is 28.9 Å². The number of hydrogen-bond acceptors (Lipinski definition) is 9. The number of rotatable bonds is 6. The Bertz CT molecular complexity index is 1430. The van der Waals surface area contributed by atoms with E-state index in [1.54, 1.807) is 20.8 Å². The van der Waals surface area contributed by atoms with Crippen molar-refractivity contribution in [3.63, 3.8) is 0 Å². The number of nitrogens with zero attached hydrogens (tertiary/aromatic N) is 5. The maximum atomic E-state index is 14.2. The van der Waals surface area contributed by atoms with Crippen molar-refractivity contribution >= 4 is 18.1 Å². The van der Waals surface area contributed by atoms with Gasteiger partial charge in [0.05, 0.1) is 32.0 Å². The molecule has 4 aliphatic heterocycles. The fourth-order valence-electron chi connectivity index (χ4n) is 6.30. The van der Waals surface area contributed by atoms with Crippen molar-refractivity contribution in [1.82, 2.24) is 24.5 Å². The van der Waals surface area contributed by atoms with Crippen LogP contribution in [-0.4, -0.2) is 128 Å². The number of piperazine rings is 1. The van der Waals surface area contributed by atoms with Gasteiger partial charge in [-0.05, 0) is 41.3 Å². The molecule has 0 unspecified atom stereocenters. The van der Waals surface area contributed by atoms with Crippen LogP contribution in [0.1, 0.15) is 52.4 Å². The molecule has 4 heterocycles. The molecule has 0 aromatic heterocycles. The summed E-state index contributed by atoms with van der Waals surface area (Å²) >= 11 is 0. The zero-order valence-electron chi connectivity index (χ0n) is 27.2. The largest absolute Gasteiger partial charge is 0.415 e. The van der Waals surface area contributed by atoms with Crippen LogP contribution in [0.4, 0.5) is 9.59 Å². The first-order chi connectivity index (χ1) is 22.2. The number of hydrogen-bond donors (Lipinski definition) is 0. The van der Waals surface area contributed by atoms with Crippen LogP contribution in [0, 0.1) is 0 Å². The van der Waals surface area contributed by atoms with Gasteiger partial charge in [0.1, 0.15) is 11.5 Å². The summed E-state index contributed by atoms with van der Waals surface area (Å²) in [7, 11) is 2.16. The number of likely N-dealkylation sites (N-methyl/N-ethyl adjacent to an activating group) is 1. The van der Waals surface area contributed by atoms with Crippen molar-refractivity contribution in [2.75, 3.05) is 85.8 Å². The summed E-state index contributed by atoms with van der Waals surface area (Å²) in [5, 5.41) is 0. The number of amides is 3. The van der Waals surface area contributed by atoms with Gasteiger partial charge < -0.3 is 38.5 Å². The van der Waals surface area contributed by atoms with Crippen molar-refractivity contribution in [3.05, 3.63) is 58.1 Å². The molecule has 0 atom stereocenters. The zero-order valence-corrected chi connectivity index (χ0v) is 27.2. The monoisotopic (exact) mass is 635 g/mol. The minimum absolute atomic E-state index is 0.0716. The first-order valence-corrected chi connectivity index (χ1v) is 16.3. The smallest absolute Gasteiger partial charge is 0.410 e. The summed E-state index contributed by atoms with van der Waals surface area (Å²) in [6.07, 6.45) is -1.07. The van der Waals surface area contributed by atoms with Gasteiger partial charge in [-0.15, -0.1) is 0 Å². The molecule has 3 fully saturated rings. The number of carbonyl (C=O) groups excluding carboxylic acids is 3. The topological polar surface area (TPSA) is 104 Å². The van der Waals surface area contributed by atoms with Crippen molar-refractivity contribution in [2.45, 2.75) is 39.4 Å². The normalized spacial score (nSPS) is 19.3. The first-order valence-electron chi connectivity index (χ1n) is 16.3. The molecule has 0 N–H and O–H groups in total. The molecule has 6 rings (SSSR count). The van der Waals surface area contributed by atoms with Gasteiger partial charge in [0.25, 0.3) is 5.91 Å².